The van der Waals surface area contributed by atoms with Crippen molar-refractivity contribution in [3.8, 4) is 0 Å². The first-order valence-corrected chi connectivity index (χ1v) is 6.97. The number of rotatable bonds is 3. The molecule has 1 fully saturated rings. The Hall–Kier alpha value is -1.65. The number of hydrogen-bond acceptors (Lipinski definition) is 4. The van der Waals surface area contributed by atoms with Gasteiger partial charge in [-0.3, -0.25) is 4.79 Å². The first-order valence-electron chi connectivity index (χ1n) is 6.97. The molecule has 1 saturated heterocycles. The molecule has 0 spiro atoms. The average molecular weight is 262 g/mol. The minimum absolute atomic E-state index is 0.00528. The summed E-state index contributed by atoms with van der Waals surface area (Å²) in [4.78, 5) is 22.6. The van der Waals surface area contributed by atoms with Crippen LogP contribution in [0.5, 0.6) is 0 Å². The van der Waals surface area contributed by atoms with Crippen molar-refractivity contribution in [2.24, 2.45) is 11.8 Å². The number of piperidine rings is 1. The van der Waals surface area contributed by atoms with Crippen molar-refractivity contribution in [1.82, 2.24) is 14.9 Å². The fraction of sp³-hybridized carbons (Fsp3) is 0.643. The molecule has 1 aliphatic heterocycles. The summed E-state index contributed by atoms with van der Waals surface area (Å²) in [5.74, 6) is 1.94. The first-order chi connectivity index (χ1) is 9.11. The molecule has 1 amide bonds. The Bertz CT molecular complexity index is 432. The third-order valence-electron chi connectivity index (χ3n) is 3.85. The Morgan fingerprint density at radius 2 is 2.16 bits per heavy atom. The van der Waals surface area contributed by atoms with Crippen molar-refractivity contribution in [2.75, 3.05) is 25.0 Å². The molecule has 2 unspecified atom stereocenters. The van der Waals surface area contributed by atoms with Crippen LogP contribution in [0.25, 0.3) is 0 Å². The van der Waals surface area contributed by atoms with Crippen LogP contribution in [0.15, 0.2) is 12.4 Å². The molecule has 1 aromatic rings. The van der Waals surface area contributed by atoms with Gasteiger partial charge < -0.3 is 10.2 Å². The number of nitrogens with one attached hydrogen (secondary N) is 1. The molecule has 5 nitrogen and oxygen atoms in total. The predicted molar refractivity (Wildman–Crippen MR) is 75.0 cm³/mol. The lowest BCUT2D eigenvalue weighted by Gasteiger charge is -2.35. The van der Waals surface area contributed by atoms with Crippen LogP contribution < -0.4 is 5.32 Å². The quantitative estimate of drug-likeness (QED) is 0.905. The molecule has 2 heterocycles. The normalized spacial score (nSPS) is 23.2. The van der Waals surface area contributed by atoms with E-state index in [-0.39, 0.29) is 5.91 Å². The molecule has 1 aromatic heterocycles. The van der Waals surface area contributed by atoms with Crippen molar-refractivity contribution in [1.29, 1.82) is 0 Å². The van der Waals surface area contributed by atoms with Gasteiger partial charge in [-0.05, 0) is 25.2 Å². The van der Waals surface area contributed by atoms with E-state index in [2.05, 4.69) is 29.1 Å². The highest BCUT2D eigenvalue weighted by atomic mass is 16.2. The second-order valence-corrected chi connectivity index (χ2v) is 5.31. The molecule has 0 bridgehead atoms. The summed E-state index contributed by atoms with van der Waals surface area (Å²) in [6.45, 7) is 8.87. The summed E-state index contributed by atoms with van der Waals surface area (Å²) in [6.07, 6.45) is 4.24. The first kappa shape index (κ1) is 13.8. The second-order valence-electron chi connectivity index (χ2n) is 5.31. The monoisotopic (exact) mass is 262 g/mol. The van der Waals surface area contributed by atoms with Gasteiger partial charge in [0.2, 0.25) is 0 Å². The van der Waals surface area contributed by atoms with E-state index in [0.717, 1.165) is 26.1 Å². The van der Waals surface area contributed by atoms with Crippen LogP contribution in [-0.4, -0.2) is 40.4 Å². The Labute approximate surface area is 114 Å². The molecule has 1 N–H and O–H groups in total. The topological polar surface area (TPSA) is 58.1 Å². The van der Waals surface area contributed by atoms with Gasteiger partial charge in [-0.2, -0.15) is 0 Å². The lowest BCUT2D eigenvalue weighted by atomic mass is 9.88. The highest BCUT2D eigenvalue weighted by Gasteiger charge is 2.27. The summed E-state index contributed by atoms with van der Waals surface area (Å²) in [7, 11) is 0. The standard InChI is InChI=1S/C14H22N4O/c1-4-15-13-8-16-12(7-17-13)14(19)18-6-5-10(2)11(3)9-18/h7-8,10-11H,4-6,9H2,1-3H3,(H,15,17). The number of amides is 1. The smallest absolute Gasteiger partial charge is 0.274 e. The highest BCUT2D eigenvalue weighted by molar-refractivity contribution is 5.92. The molecule has 19 heavy (non-hydrogen) atoms. The van der Waals surface area contributed by atoms with Crippen LogP contribution in [0.3, 0.4) is 0 Å². The Morgan fingerprint density at radius 3 is 2.74 bits per heavy atom. The number of likely N-dealkylation sites (tertiary alicyclic amines) is 1. The molecule has 5 heteroatoms. The van der Waals surface area contributed by atoms with E-state index < -0.39 is 0 Å². The van der Waals surface area contributed by atoms with Crippen LogP contribution in [0.1, 0.15) is 37.7 Å². The van der Waals surface area contributed by atoms with E-state index in [1.165, 1.54) is 0 Å². The number of nitrogens with zero attached hydrogens (tertiary/aromatic N) is 3. The van der Waals surface area contributed by atoms with E-state index in [4.69, 9.17) is 0 Å². The summed E-state index contributed by atoms with van der Waals surface area (Å²) < 4.78 is 0. The zero-order valence-electron chi connectivity index (χ0n) is 11.9. The van der Waals surface area contributed by atoms with Gasteiger partial charge in [-0.1, -0.05) is 13.8 Å². The molecule has 2 atom stereocenters. The van der Waals surface area contributed by atoms with Crippen molar-refractivity contribution < 1.29 is 4.79 Å². The predicted octanol–water partition coefficient (Wildman–Crippen LogP) is 2.03. The van der Waals surface area contributed by atoms with Gasteiger partial charge in [-0.25, -0.2) is 9.97 Å². The van der Waals surface area contributed by atoms with Crippen molar-refractivity contribution in [3.05, 3.63) is 18.1 Å². The van der Waals surface area contributed by atoms with Gasteiger partial charge in [0.05, 0.1) is 12.4 Å². The summed E-state index contributed by atoms with van der Waals surface area (Å²) in [5.41, 5.74) is 0.434. The minimum atomic E-state index is -0.00528. The van der Waals surface area contributed by atoms with E-state index in [1.807, 2.05) is 11.8 Å². The van der Waals surface area contributed by atoms with Crippen molar-refractivity contribution in [3.63, 3.8) is 0 Å². The van der Waals surface area contributed by atoms with Crippen LogP contribution >= 0.6 is 0 Å². The van der Waals surface area contributed by atoms with Gasteiger partial charge in [0.1, 0.15) is 11.5 Å². The number of anilines is 1. The van der Waals surface area contributed by atoms with E-state index in [1.54, 1.807) is 12.4 Å². The van der Waals surface area contributed by atoms with Gasteiger partial charge in [0.25, 0.3) is 5.91 Å². The summed E-state index contributed by atoms with van der Waals surface area (Å²) in [6, 6.07) is 0. The van der Waals surface area contributed by atoms with Crippen molar-refractivity contribution >= 4 is 11.7 Å². The maximum absolute atomic E-state index is 12.3. The van der Waals surface area contributed by atoms with Gasteiger partial charge in [0, 0.05) is 19.6 Å². The molecular weight excluding hydrogens is 240 g/mol. The van der Waals surface area contributed by atoms with Crippen LogP contribution in [0, 0.1) is 11.8 Å². The molecule has 0 aromatic carbocycles. The zero-order chi connectivity index (χ0) is 13.8. The van der Waals surface area contributed by atoms with Gasteiger partial charge >= 0.3 is 0 Å². The SMILES string of the molecule is CCNc1cnc(C(=O)N2CCC(C)C(C)C2)cn1. The number of aromatic nitrogens is 2. The maximum Gasteiger partial charge on any atom is 0.274 e. The number of hydrogen-bond donors (Lipinski definition) is 1. The fourth-order valence-corrected chi connectivity index (χ4v) is 2.32. The lowest BCUT2D eigenvalue weighted by molar-refractivity contribution is 0.0621. The lowest BCUT2D eigenvalue weighted by Crippen LogP contribution is -2.42. The third kappa shape index (κ3) is 3.22. The molecule has 2 rings (SSSR count). The van der Waals surface area contributed by atoms with Crippen LogP contribution in [0.2, 0.25) is 0 Å². The average Bonchev–Trinajstić information content (AvgIpc) is 2.42. The number of carbonyl (C=O) groups is 1. The largest absolute Gasteiger partial charge is 0.369 e. The number of carbonyl (C=O) groups excluding carboxylic acids is 1. The second kappa shape index (κ2) is 5.99. The molecule has 0 aliphatic carbocycles. The van der Waals surface area contributed by atoms with E-state index >= 15 is 0 Å². The van der Waals surface area contributed by atoms with Crippen LogP contribution in [0.4, 0.5) is 5.82 Å². The Morgan fingerprint density at radius 1 is 1.37 bits per heavy atom. The van der Waals surface area contributed by atoms with E-state index in [0.29, 0.717) is 23.3 Å². The zero-order valence-corrected chi connectivity index (χ0v) is 11.9. The summed E-state index contributed by atoms with van der Waals surface area (Å²) in [5, 5.41) is 3.07. The third-order valence-corrected chi connectivity index (χ3v) is 3.85. The van der Waals surface area contributed by atoms with Gasteiger partial charge in [0.15, 0.2) is 0 Å². The Kier molecular flexibility index (Phi) is 4.35. The van der Waals surface area contributed by atoms with Gasteiger partial charge in [-0.15, -0.1) is 0 Å². The van der Waals surface area contributed by atoms with Crippen LogP contribution in [-0.2, 0) is 0 Å². The van der Waals surface area contributed by atoms with Crippen molar-refractivity contribution in [2.45, 2.75) is 27.2 Å². The molecule has 0 saturated carbocycles. The fourth-order valence-electron chi connectivity index (χ4n) is 2.32. The molecular formula is C14H22N4O. The maximum atomic E-state index is 12.3. The molecule has 0 radical (unpaired) electrons. The minimum Gasteiger partial charge on any atom is -0.369 e. The summed E-state index contributed by atoms with van der Waals surface area (Å²) >= 11 is 0. The molecule has 1 aliphatic rings. The molecule has 104 valence electrons. The van der Waals surface area contributed by atoms with E-state index in [9.17, 15) is 4.79 Å². The highest BCUT2D eigenvalue weighted by Crippen LogP contribution is 2.23. The Balaban J connectivity index is 2.03.